The number of rotatable bonds is 10. The number of nitrogens with zero attached hydrogens (tertiary/aromatic N) is 4. The molecule has 1 amide bonds. The SMILES string of the molecule is CCC1CCC(C)N(CCCOc2ccc(N3CCN(C(=O)c4c(CC(=O)O)n(C)c5ccccc45)CC3)cc2)C1. The van der Waals surface area contributed by atoms with Crippen LogP contribution >= 0.6 is 0 Å². The Hall–Kier alpha value is -3.52. The number of carboxylic acids is 1. The minimum Gasteiger partial charge on any atom is -0.494 e. The number of carboxylic acid groups (broad SMARTS) is 1. The standard InChI is InChI=1S/C33H44N4O4/c1-4-25-11-10-24(2)37(23-25)16-7-21-41-27-14-12-26(13-15-27)35-17-19-36(20-18-35)33(40)32-28-8-5-6-9-29(28)34(3)30(32)22-31(38)39/h5-6,8-9,12-15,24-25H,4,7,10-11,16-23H2,1-3H3,(H,38,39). The van der Waals surface area contributed by atoms with Gasteiger partial charge in [-0.1, -0.05) is 31.5 Å². The van der Waals surface area contributed by atoms with E-state index in [2.05, 4.69) is 35.8 Å². The minimum absolute atomic E-state index is 0.0920. The van der Waals surface area contributed by atoms with E-state index >= 15 is 0 Å². The van der Waals surface area contributed by atoms with Crippen LogP contribution in [0.25, 0.3) is 10.9 Å². The van der Waals surface area contributed by atoms with Gasteiger partial charge in [-0.2, -0.15) is 0 Å². The van der Waals surface area contributed by atoms with Gasteiger partial charge in [0, 0.05) is 74.6 Å². The normalized spacial score (nSPS) is 20.0. The number of aryl methyl sites for hydroxylation is 1. The molecule has 3 aromatic rings. The van der Waals surface area contributed by atoms with Crippen molar-refractivity contribution in [1.29, 1.82) is 0 Å². The summed E-state index contributed by atoms with van der Waals surface area (Å²) in [5.74, 6) is 0.699. The van der Waals surface area contributed by atoms with Gasteiger partial charge in [-0.05, 0) is 62.4 Å². The molecule has 2 atom stereocenters. The molecule has 220 valence electrons. The summed E-state index contributed by atoms with van der Waals surface area (Å²) < 4.78 is 7.90. The molecule has 1 N–H and O–H groups in total. The van der Waals surface area contributed by atoms with E-state index in [9.17, 15) is 14.7 Å². The Balaban J connectivity index is 1.13. The van der Waals surface area contributed by atoms with Gasteiger partial charge in [-0.25, -0.2) is 0 Å². The number of carbonyl (C=O) groups excluding carboxylic acids is 1. The first kappa shape index (κ1) is 29.0. The van der Waals surface area contributed by atoms with Gasteiger partial charge in [-0.3, -0.25) is 9.59 Å². The highest BCUT2D eigenvalue weighted by molar-refractivity contribution is 6.09. The molecule has 0 saturated carbocycles. The molecular formula is C33H44N4O4. The van der Waals surface area contributed by atoms with E-state index in [0.29, 0.717) is 30.4 Å². The highest BCUT2D eigenvalue weighted by atomic mass is 16.5. The summed E-state index contributed by atoms with van der Waals surface area (Å²) >= 11 is 0. The van der Waals surface area contributed by atoms with E-state index in [1.165, 1.54) is 25.8 Å². The molecule has 8 heteroatoms. The van der Waals surface area contributed by atoms with Crippen LogP contribution in [0.3, 0.4) is 0 Å². The second kappa shape index (κ2) is 13.0. The third-order valence-electron chi connectivity index (χ3n) is 9.07. The number of hydrogen-bond donors (Lipinski definition) is 1. The average molecular weight is 561 g/mol. The van der Waals surface area contributed by atoms with Crippen molar-refractivity contribution in [3.63, 3.8) is 0 Å². The summed E-state index contributed by atoms with van der Waals surface area (Å²) in [4.78, 5) is 32.0. The van der Waals surface area contributed by atoms with E-state index in [-0.39, 0.29) is 12.3 Å². The van der Waals surface area contributed by atoms with E-state index in [1.54, 1.807) is 0 Å². The summed E-state index contributed by atoms with van der Waals surface area (Å²) in [6.45, 7) is 10.3. The topological polar surface area (TPSA) is 78.2 Å². The zero-order valence-corrected chi connectivity index (χ0v) is 24.7. The van der Waals surface area contributed by atoms with Gasteiger partial charge in [0.1, 0.15) is 5.75 Å². The Kier molecular flexibility index (Phi) is 9.18. The fraction of sp³-hybridized carbons (Fsp3) is 0.515. The first-order valence-corrected chi connectivity index (χ1v) is 15.1. The van der Waals surface area contributed by atoms with Crippen LogP contribution in [0.4, 0.5) is 5.69 Å². The van der Waals surface area contributed by atoms with Crippen molar-refractivity contribution in [3.05, 3.63) is 59.8 Å². The highest BCUT2D eigenvalue weighted by Crippen LogP contribution is 2.29. The molecular weight excluding hydrogens is 516 g/mol. The first-order chi connectivity index (χ1) is 19.9. The Morgan fingerprint density at radius 1 is 1.00 bits per heavy atom. The largest absolute Gasteiger partial charge is 0.494 e. The van der Waals surface area contributed by atoms with Crippen molar-refractivity contribution < 1.29 is 19.4 Å². The number of aromatic nitrogens is 1. The quantitative estimate of drug-likeness (QED) is 0.350. The van der Waals surface area contributed by atoms with Crippen molar-refractivity contribution in [1.82, 2.24) is 14.4 Å². The van der Waals surface area contributed by atoms with Gasteiger partial charge in [0.05, 0.1) is 18.6 Å². The maximum absolute atomic E-state index is 13.7. The number of piperidine rings is 1. The number of piperazine rings is 1. The number of ether oxygens (including phenoxy) is 1. The molecule has 0 aliphatic carbocycles. The molecule has 2 aliphatic rings. The predicted octanol–water partition coefficient (Wildman–Crippen LogP) is 5.05. The van der Waals surface area contributed by atoms with Crippen LogP contribution in [0.15, 0.2) is 48.5 Å². The van der Waals surface area contributed by atoms with Crippen LogP contribution in [-0.4, -0.2) is 83.3 Å². The van der Waals surface area contributed by atoms with Crippen LogP contribution in [0.2, 0.25) is 0 Å². The smallest absolute Gasteiger partial charge is 0.309 e. The van der Waals surface area contributed by atoms with Crippen molar-refractivity contribution in [2.45, 2.75) is 52.0 Å². The molecule has 0 bridgehead atoms. The van der Waals surface area contributed by atoms with E-state index in [0.717, 1.165) is 60.9 Å². The van der Waals surface area contributed by atoms with Crippen LogP contribution in [-0.2, 0) is 18.3 Å². The molecule has 5 rings (SSSR count). The summed E-state index contributed by atoms with van der Waals surface area (Å²) in [6, 6.07) is 16.6. The van der Waals surface area contributed by atoms with Gasteiger partial charge in [0.25, 0.3) is 5.91 Å². The van der Waals surface area contributed by atoms with Gasteiger partial charge in [0.15, 0.2) is 0 Å². The Morgan fingerprint density at radius 2 is 1.73 bits per heavy atom. The molecule has 2 aliphatic heterocycles. The van der Waals surface area contributed by atoms with E-state index in [4.69, 9.17) is 4.74 Å². The van der Waals surface area contributed by atoms with Crippen LogP contribution in [0, 0.1) is 5.92 Å². The number of anilines is 1. The summed E-state index contributed by atoms with van der Waals surface area (Å²) in [6.07, 6.45) is 4.79. The molecule has 2 aromatic carbocycles. The number of benzene rings is 2. The van der Waals surface area contributed by atoms with Crippen molar-refractivity contribution in [2.75, 3.05) is 50.8 Å². The van der Waals surface area contributed by atoms with Gasteiger partial charge in [0.2, 0.25) is 0 Å². The second-order valence-corrected chi connectivity index (χ2v) is 11.6. The van der Waals surface area contributed by atoms with E-state index in [1.807, 2.05) is 52.9 Å². The molecule has 2 saturated heterocycles. The highest BCUT2D eigenvalue weighted by Gasteiger charge is 2.29. The second-order valence-electron chi connectivity index (χ2n) is 11.6. The maximum atomic E-state index is 13.7. The summed E-state index contributed by atoms with van der Waals surface area (Å²) in [7, 11) is 1.83. The number of para-hydroxylation sites is 1. The zero-order valence-electron chi connectivity index (χ0n) is 24.7. The number of fused-ring (bicyclic) bond motifs is 1. The van der Waals surface area contributed by atoms with Crippen LogP contribution in [0.1, 0.15) is 55.6 Å². The fourth-order valence-corrected chi connectivity index (χ4v) is 6.48. The fourth-order valence-electron chi connectivity index (χ4n) is 6.48. The lowest BCUT2D eigenvalue weighted by atomic mass is 9.91. The Labute approximate surface area is 243 Å². The molecule has 1 aromatic heterocycles. The molecule has 8 nitrogen and oxygen atoms in total. The van der Waals surface area contributed by atoms with Gasteiger partial charge < -0.3 is 29.1 Å². The molecule has 3 heterocycles. The molecule has 2 fully saturated rings. The molecule has 0 spiro atoms. The monoisotopic (exact) mass is 560 g/mol. The molecule has 2 unspecified atom stereocenters. The Bertz CT molecular complexity index is 1340. The van der Waals surface area contributed by atoms with Crippen molar-refractivity contribution >= 4 is 28.5 Å². The maximum Gasteiger partial charge on any atom is 0.309 e. The minimum atomic E-state index is -0.941. The molecule has 0 radical (unpaired) electrons. The molecule has 41 heavy (non-hydrogen) atoms. The van der Waals surface area contributed by atoms with E-state index < -0.39 is 5.97 Å². The third kappa shape index (κ3) is 6.53. The summed E-state index contributed by atoms with van der Waals surface area (Å²) in [5.41, 5.74) is 3.06. The summed E-state index contributed by atoms with van der Waals surface area (Å²) in [5, 5.41) is 10.3. The lowest BCUT2D eigenvalue weighted by molar-refractivity contribution is -0.136. The predicted molar refractivity (Wildman–Crippen MR) is 163 cm³/mol. The van der Waals surface area contributed by atoms with Crippen molar-refractivity contribution in [2.24, 2.45) is 13.0 Å². The zero-order chi connectivity index (χ0) is 28.9. The van der Waals surface area contributed by atoms with Gasteiger partial charge >= 0.3 is 5.97 Å². The third-order valence-corrected chi connectivity index (χ3v) is 9.07. The Morgan fingerprint density at radius 3 is 2.44 bits per heavy atom. The lowest BCUT2D eigenvalue weighted by Crippen LogP contribution is -2.49. The van der Waals surface area contributed by atoms with Crippen LogP contribution < -0.4 is 9.64 Å². The average Bonchev–Trinajstić information content (AvgIpc) is 3.26. The number of hydrogen-bond acceptors (Lipinski definition) is 5. The number of carbonyl (C=O) groups is 2. The number of likely N-dealkylation sites (tertiary alicyclic amines) is 1. The first-order valence-electron chi connectivity index (χ1n) is 15.1. The number of aliphatic carboxylic acids is 1. The number of amides is 1. The lowest BCUT2D eigenvalue weighted by Gasteiger charge is -2.37. The van der Waals surface area contributed by atoms with Gasteiger partial charge in [-0.15, -0.1) is 0 Å². The van der Waals surface area contributed by atoms with Crippen LogP contribution in [0.5, 0.6) is 5.75 Å². The van der Waals surface area contributed by atoms with Crippen molar-refractivity contribution in [3.8, 4) is 5.75 Å².